The summed E-state index contributed by atoms with van der Waals surface area (Å²) >= 11 is 0. The normalized spacial score (nSPS) is 31.8. The Bertz CT molecular complexity index is 506. The van der Waals surface area contributed by atoms with E-state index in [2.05, 4.69) is 4.98 Å². The Kier molecular flexibility index (Phi) is 3.33. The van der Waals surface area contributed by atoms with Crippen LogP contribution in [0.15, 0.2) is 11.0 Å². The van der Waals surface area contributed by atoms with Crippen molar-refractivity contribution in [2.75, 3.05) is 12.3 Å². The van der Waals surface area contributed by atoms with Crippen LogP contribution in [0, 0.1) is 6.92 Å². The standard InChI is InChI=1S/C10H14FN3O4/c1-4-2-14(10(17)13-8(4)12)9-6(11)7(16)5(3-15)18-9/h2,5-7,9,15-16H,3H2,1H3,(H2,12,13,17)/t5-,6-,7+,9-/m1/s1. The Morgan fingerprint density at radius 2 is 2.33 bits per heavy atom. The minimum Gasteiger partial charge on any atom is -0.394 e. The number of nitrogens with two attached hydrogens (primary N) is 1. The third-order valence-corrected chi connectivity index (χ3v) is 2.92. The number of anilines is 1. The smallest absolute Gasteiger partial charge is 0.351 e. The molecule has 8 heteroatoms. The van der Waals surface area contributed by atoms with Gasteiger partial charge in [0.1, 0.15) is 18.0 Å². The van der Waals surface area contributed by atoms with Crippen LogP contribution < -0.4 is 11.4 Å². The van der Waals surface area contributed by atoms with E-state index in [1.54, 1.807) is 6.92 Å². The van der Waals surface area contributed by atoms with Crippen molar-refractivity contribution < 1.29 is 19.3 Å². The molecule has 100 valence electrons. The van der Waals surface area contributed by atoms with Crippen LogP contribution in [0.4, 0.5) is 10.2 Å². The lowest BCUT2D eigenvalue weighted by atomic mass is 10.1. The summed E-state index contributed by atoms with van der Waals surface area (Å²) in [4.78, 5) is 15.1. The zero-order valence-corrected chi connectivity index (χ0v) is 9.65. The molecule has 0 saturated carbocycles. The first-order chi connectivity index (χ1) is 8.45. The molecule has 0 radical (unpaired) electrons. The molecular weight excluding hydrogens is 245 g/mol. The molecule has 1 aromatic heterocycles. The lowest BCUT2D eigenvalue weighted by Crippen LogP contribution is -2.34. The number of aliphatic hydroxyl groups excluding tert-OH is 2. The van der Waals surface area contributed by atoms with Gasteiger partial charge in [-0.1, -0.05) is 0 Å². The second-order valence-corrected chi connectivity index (χ2v) is 4.18. The first-order valence-electron chi connectivity index (χ1n) is 5.39. The summed E-state index contributed by atoms with van der Waals surface area (Å²) in [6.45, 7) is 1.08. The summed E-state index contributed by atoms with van der Waals surface area (Å²) in [5, 5.41) is 18.4. The van der Waals surface area contributed by atoms with Crippen LogP contribution in [-0.2, 0) is 4.74 Å². The van der Waals surface area contributed by atoms with Gasteiger partial charge in [0.25, 0.3) is 0 Å². The number of halogens is 1. The Labute approximate surface area is 102 Å². The molecule has 4 atom stereocenters. The maximum Gasteiger partial charge on any atom is 0.351 e. The number of hydrogen-bond acceptors (Lipinski definition) is 6. The van der Waals surface area contributed by atoms with Gasteiger partial charge in [-0.05, 0) is 6.92 Å². The van der Waals surface area contributed by atoms with Crippen LogP contribution >= 0.6 is 0 Å². The van der Waals surface area contributed by atoms with Crippen molar-refractivity contribution in [1.29, 1.82) is 0 Å². The number of nitrogen functional groups attached to an aromatic ring is 1. The lowest BCUT2D eigenvalue weighted by Gasteiger charge is -2.16. The maximum absolute atomic E-state index is 13.8. The fourth-order valence-corrected chi connectivity index (χ4v) is 1.84. The minimum absolute atomic E-state index is 0.0592. The van der Waals surface area contributed by atoms with Gasteiger partial charge in [-0.25, -0.2) is 9.18 Å². The van der Waals surface area contributed by atoms with E-state index >= 15 is 0 Å². The van der Waals surface area contributed by atoms with Crippen molar-refractivity contribution in [1.82, 2.24) is 9.55 Å². The summed E-state index contributed by atoms with van der Waals surface area (Å²) in [7, 11) is 0. The predicted molar refractivity (Wildman–Crippen MR) is 59.5 cm³/mol. The molecule has 4 N–H and O–H groups in total. The zero-order chi connectivity index (χ0) is 13.4. The van der Waals surface area contributed by atoms with Crippen LogP contribution in [0.3, 0.4) is 0 Å². The van der Waals surface area contributed by atoms with Gasteiger partial charge in [0, 0.05) is 11.8 Å². The fourth-order valence-electron chi connectivity index (χ4n) is 1.84. The minimum atomic E-state index is -1.82. The second-order valence-electron chi connectivity index (χ2n) is 4.18. The largest absolute Gasteiger partial charge is 0.394 e. The Morgan fingerprint density at radius 1 is 1.67 bits per heavy atom. The average Bonchev–Trinajstić information content (AvgIpc) is 2.61. The summed E-state index contributed by atoms with van der Waals surface area (Å²) in [6.07, 6.45) is -4.35. The average molecular weight is 259 g/mol. The van der Waals surface area contributed by atoms with Crippen molar-refractivity contribution in [2.45, 2.75) is 31.5 Å². The molecule has 0 unspecified atom stereocenters. The van der Waals surface area contributed by atoms with Gasteiger partial charge >= 0.3 is 5.69 Å². The number of aliphatic hydroxyl groups is 2. The monoisotopic (exact) mass is 259 g/mol. The van der Waals surface area contributed by atoms with Crippen LogP contribution in [0.25, 0.3) is 0 Å². The van der Waals surface area contributed by atoms with Gasteiger partial charge in [-0.2, -0.15) is 4.98 Å². The molecule has 1 aromatic rings. The first kappa shape index (κ1) is 12.9. The second kappa shape index (κ2) is 4.63. The molecule has 0 aromatic carbocycles. The summed E-state index contributed by atoms with van der Waals surface area (Å²) in [6, 6.07) is 0. The fraction of sp³-hybridized carbons (Fsp3) is 0.600. The number of nitrogens with zero attached hydrogens (tertiary/aromatic N) is 2. The van der Waals surface area contributed by atoms with Gasteiger partial charge in [0.2, 0.25) is 0 Å². The van der Waals surface area contributed by atoms with Crippen molar-refractivity contribution in [3.05, 3.63) is 22.2 Å². The number of rotatable bonds is 2. The molecule has 1 aliphatic heterocycles. The van der Waals surface area contributed by atoms with E-state index < -0.39 is 36.9 Å². The Balaban J connectivity index is 2.39. The quantitative estimate of drug-likeness (QED) is 0.610. The van der Waals surface area contributed by atoms with E-state index in [4.69, 9.17) is 15.6 Å². The van der Waals surface area contributed by atoms with E-state index in [0.717, 1.165) is 4.57 Å². The number of hydrogen-bond donors (Lipinski definition) is 3. The van der Waals surface area contributed by atoms with Crippen molar-refractivity contribution in [2.24, 2.45) is 0 Å². The molecule has 0 amide bonds. The van der Waals surface area contributed by atoms with Gasteiger partial charge in [0.15, 0.2) is 12.4 Å². The highest BCUT2D eigenvalue weighted by molar-refractivity contribution is 5.35. The summed E-state index contributed by atoms with van der Waals surface area (Å²) in [5.74, 6) is 0.0592. The molecule has 18 heavy (non-hydrogen) atoms. The molecule has 0 spiro atoms. The Hall–Kier alpha value is -1.51. The molecule has 2 heterocycles. The van der Waals surface area contributed by atoms with Crippen molar-refractivity contribution in [3.63, 3.8) is 0 Å². The molecule has 2 rings (SSSR count). The van der Waals surface area contributed by atoms with E-state index in [0.29, 0.717) is 5.56 Å². The van der Waals surface area contributed by atoms with E-state index in [1.165, 1.54) is 6.20 Å². The van der Waals surface area contributed by atoms with Crippen LogP contribution in [0.5, 0.6) is 0 Å². The number of aromatic nitrogens is 2. The highest BCUT2D eigenvalue weighted by Gasteiger charge is 2.45. The summed E-state index contributed by atoms with van der Waals surface area (Å²) < 4.78 is 19.8. The van der Waals surface area contributed by atoms with Crippen LogP contribution in [0.1, 0.15) is 11.8 Å². The SMILES string of the molecule is Cc1cn([C@@H]2O[C@H](CO)[C@H](O)[C@H]2F)c(=O)nc1N. The molecule has 1 aliphatic rings. The molecular formula is C10H14FN3O4. The van der Waals surface area contributed by atoms with E-state index in [9.17, 15) is 14.3 Å². The topological polar surface area (TPSA) is 111 Å². The van der Waals surface area contributed by atoms with Crippen LogP contribution in [-0.4, -0.2) is 44.8 Å². The number of alkyl halides is 1. The lowest BCUT2D eigenvalue weighted by molar-refractivity contribution is -0.0491. The predicted octanol–water partition coefficient (Wildman–Crippen LogP) is -1.28. The summed E-state index contributed by atoms with van der Waals surface area (Å²) in [5.41, 5.74) is 5.18. The van der Waals surface area contributed by atoms with Crippen LogP contribution in [0.2, 0.25) is 0 Å². The van der Waals surface area contributed by atoms with Gasteiger partial charge < -0.3 is 20.7 Å². The third kappa shape index (κ3) is 1.98. The molecule has 7 nitrogen and oxygen atoms in total. The van der Waals surface area contributed by atoms with Crippen molar-refractivity contribution >= 4 is 5.82 Å². The highest BCUT2D eigenvalue weighted by Crippen LogP contribution is 2.30. The third-order valence-electron chi connectivity index (χ3n) is 2.92. The van der Waals surface area contributed by atoms with Gasteiger partial charge in [-0.3, -0.25) is 4.57 Å². The van der Waals surface area contributed by atoms with Crippen molar-refractivity contribution in [3.8, 4) is 0 Å². The number of aryl methyl sites for hydroxylation is 1. The number of ether oxygens (including phenoxy) is 1. The maximum atomic E-state index is 13.8. The Morgan fingerprint density at radius 3 is 2.89 bits per heavy atom. The molecule has 0 aliphatic carbocycles. The molecule has 0 bridgehead atoms. The zero-order valence-electron chi connectivity index (χ0n) is 9.65. The first-order valence-corrected chi connectivity index (χ1v) is 5.39. The van der Waals surface area contributed by atoms with Gasteiger partial charge in [-0.15, -0.1) is 0 Å². The van der Waals surface area contributed by atoms with Gasteiger partial charge in [0.05, 0.1) is 6.61 Å². The highest BCUT2D eigenvalue weighted by atomic mass is 19.1. The molecule has 1 fully saturated rings. The van der Waals surface area contributed by atoms with E-state index in [-0.39, 0.29) is 5.82 Å². The molecule has 1 saturated heterocycles. The van der Waals surface area contributed by atoms with E-state index in [1.807, 2.05) is 0 Å².